The van der Waals surface area contributed by atoms with Crippen LogP contribution in [0.15, 0.2) is 24.7 Å². The van der Waals surface area contributed by atoms with Crippen LogP contribution in [0.3, 0.4) is 0 Å². The molecule has 0 aromatic carbocycles. The minimum atomic E-state index is 0.392. The van der Waals surface area contributed by atoms with E-state index in [9.17, 15) is 0 Å². The molecule has 6 heteroatoms. The molecule has 0 aliphatic carbocycles. The van der Waals surface area contributed by atoms with Crippen molar-refractivity contribution in [3.8, 4) is 11.6 Å². The Hall–Kier alpha value is -1.59. The van der Waals surface area contributed by atoms with Gasteiger partial charge in [0.2, 0.25) is 5.88 Å². The molecular formula is C13H17ClN4O. The van der Waals surface area contributed by atoms with Gasteiger partial charge in [-0.3, -0.25) is 4.68 Å². The van der Waals surface area contributed by atoms with Crippen LogP contribution in [0, 0.1) is 0 Å². The molecule has 1 N–H and O–H groups in total. The minimum Gasteiger partial charge on any atom is -0.434 e. The Kier molecular flexibility index (Phi) is 4.39. The molecule has 19 heavy (non-hydrogen) atoms. The second kappa shape index (κ2) is 6.04. The van der Waals surface area contributed by atoms with Crippen molar-refractivity contribution in [3.63, 3.8) is 0 Å². The number of nitrogens with one attached hydrogen (secondary N) is 1. The van der Waals surface area contributed by atoms with Gasteiger partial charge >= 0.3 is 0 Å². The molecule has 5 nitrogen and oxygen atoms in total. The third-order valence-electron chi connectivity index (χ3n) is 2.47. The zero-order valence-corrected chi connectivity index (χ0v) is 12.0. The van der Waals surface area contributed by atoms with Crippen LogP contribution in [0.5, 0.6) is 11.6 Å². The molecule has 0 saturated carbocycles. The number of nitrogens with zero attached hydrogens (tertiary/aromatic N) is 3. The van der Waals surface area contributed by atoms with Crippen molar-refractivity contribution in [1.82, 2.24) is 20.1 Å². The molecule has 0 atom stereocenters. The maximum atomic E-state index is 6.16. The van der Waals surface area contributed by atoms with Crippen molar-refractivity contribution in [1.29, 1.82) is 0 Å². The van der Waals surface area contributed by atoms with E-state index in [0.717, 1.165) is 12.1 Å². The number of hydrogen-bond acceptors (Lipinski definition) is 4. The van der Waals surface area contributed by atoms with E-state index in [-0.39, 0.29) is 0 Å². The Labute approximate surface area is 117 Å². The first-order valence-electron chi connectivity index (χ1n) is 6.09. The molecule has 0 aliphatic rings. The lowest BCUT2D eigenvalue weighted by Gasteiger charge is -2.09. The van der Waals surface area contributed by atoms with Gasteiger partial charge in [-0.1, -0.05) is 25.4 Å². The lowest BCUT2D eigenvalue weighted by molar-refractivity contribution is 0.461. The van der Waals surface area contributed by atoms with Gasteiger partial charge < -0.3 is 10.1 Å². The SMILES string of the molecule is CC(C)NCc1cnc(Oc2cnn(C)c2)c(Cl)c1. The first kappa shape index (κ1) is 13.8. The quantitative estimate of drug-likeness (QED) is 0.915. The molecule has 0 fully saturated rings. The van der Waals surface area contributed by atoms with Crippen LogP contribution in [0.4, 0.5) is 0 Å². The van der Waals surface area contributed by atoms with Gasteiger partial charge in [-0.05, 0) is 11.6 Å². The third-order valence-corrected chi connectivity index (χ3v) is 2.74. The third kappa shape index (κ3) is 3.94. The molecule has 102 valence electrons. The van der Waals surface area contributed by atoms with Gasteiger partial charge in [-0.2, -0.15) is 5.10 Å². The fraction of sp³-hybridized carbons (Fsp3) is 0.385. The van der Waals surface area contributed by atoms with E-state index in [4.69, 9.17) is 16.3 Å². The van der Waals surface area contributed by atoms with Crippen molar-refractivity contribution >= 4 is 11.6 Å². The highest BCUT2D eigenvalue weighted by molar-refractivity contribution is 6.31. The molecule has 2 heterocycles. The van der Waals surface area contributed by atoms with Gasteiger partial charge in [0.25, 0.3) is 0 Å². The molecule has 0 spiro atoms. The summed E-state index contributed by atoms with van der Waals surface area (Å²) in [5.41, 5.74) is 1.03. The lowest BCUT2D eigenvalue weighted by Crippen LogP contribution is -2.21. The Morgan fingerprint density at radius 2 is 2.21 bits per heavy atom. The van der Waals surface area contributed by atoms with E-state index < -0.39 is 0 Å². The Balaban J connectivity index is 2.06. The maximum absolute atomic E-state index is 6.16. The predicted octanol–water partition coefficient (Wildman–Crippen LogP) is 2.76. The normalized spacial score (nSPS) is 11.0. The van der Waals surface area contributed by atoms with Gasteiger partial charge in [0, 0.05) is 25.8 Å². The maximum Gasteiger partial charge on any atom is 0.238 e. The van der Waals surface area contributed by atoms with Crippen molar-refractivity contribution in [2.24, 2.45) is 7.05 Å². The van der Waals surface area contributed by atoms with E-state index in [1.54, 1.807) is 23.3 Å². The number of halogens is 1. The molecule has 0 radical (unpaired) electrons. The van der Waals surface area contributed by atoms with Crippen LogP contribution in [-0.2, 0) is 13.6 Å². The van der Waals surface area contributed by atoms with Crippen LogP contribution >= 0.6 is 11.6 Å². The molecule has 2 aromatic heterocycles. The Bertz CT molecular complexity index is 553. The largest absolute Gasteiger partial charge is 0.434 e. The number of pyridine rings is 1. The van der Waals surface area contributed by atoms with Crippen molar-refractivity contribution < 1.29 is 4.74 Å². The number of aryl methyl sites for hydroxylation is 1. The highest BCUT2D eigenvalue weighted by Gasteiger charge is 2.07. The smallest absolute Gasteiger partial charge is 0.238 e. The first-order chi connectivity index (χ1) is 9.04. The summed E-state index contributed by atoms with van der Waals surface area (Å²) >= 11 is 6.16. The van der Waals surface area contributed by atoms with Crippen LogP contribution in [-0.4, -0.2) is 20.8 Å². The highest BCUT2D eigenvalue weighted by atomic mass is 35.5. The number of ether oxygens (including phenoxy) is 1. The van der Waals surface area contributed by atoms with E-state index in [2.05, 4.69) is 29.2 Å². The molecule has 0 unspecified atom stereocenters. The second-order valence-corrected chi connectivity index (χ2v) is 5.03. The number of aromatic nitrogens is 3. The molecule has 0 amide bonds. The number of rotatable bonds is 5. The first-order valence-corrected chi connectivity index (χ1v) is 6.46. The van der Waals surface area contributed by atoms with E-state index in [1.165, 1.54) is 0 Å². The standard InChI is InChI=1S/C13H17ClN4O/c1-9(2)15-5-10-4-12(14)13(16-6-10)19-11-7-17-18(3)8-11/h4,6-9,15H,5H2,1-3H3. The fourth-order valence-corrected chi connectivity index (χ4v) is 1.75. The molecule has 2 aromatic rings. The topological polar surface area (TPSA) is 52.0 Å². The summed E-state index contributed by atoms with van der Waals surface area (Å²) in [6, 6.07) is 2.28. The highest BCUT2D eigenvalue weighted by Crippen LogP contribution is 2.27. The van der Waals surface area contributed by atoms with E-state index in [0.29, 0.717) is 22.7 Å². The summed E-state index contributed by atoms with van der Waals surface area (Å²) in [4.78, 5) is 4.23. The second-order valence-electron chi connectivity index (χ2n) is 4.62. The summed E-state index contributed by atoms with van der Waals surface area (Å²) in [6.45, 7) is 4.92. The molecule has 0 bridgehead atoms. The van der Waals surface area contributed by atoms with Gasteiger partial charge in [-0.15, -0.1) is 0 Å². The summed E-state index contributed by atoms with van der Waals surface area (Å²) in [6.07, 6.45) is 5.13. The van der Waals surface area contributed by atoms with Crippen LogP contribution < -0.4 is 10.1 Å². The molecule has 0 saturated heterocycles. The van der Waals surface area contributed by atoms with Crippen molar-refractivity contribution in [3.05, 3.63) is 35.2 Å². The fourth-order valence-electron chi connectivity index (χ4n) is 1.52. The molecule has 0 aliphatic heterocycles. The predicted molar refractivity (Wildman–Crippen MR) is 74.5 cm³/mol. The van der Waals surface area contributed by atoms with E-state index in [1.807, 2.05) is 13.1 Å². The Morgan fingerprint density at radius 3 is 2.79 bits per heavy atom. The average molecular weight is 281 g/mol. The van der Waals surface area contributed by atoms with Gasteiger partial charge in [0.05, 0.1) is 12.4 Å². The summed E-state index contributed by atoms with van der Waals surface area (Å²) < 4.78 is 7.22. The van der Waals surface area contributed by atoms with Crippen molar-refractivity contribution in [2.75, 3.05) is 0 Å². The van der Waals surface area contributed by atoms with Crippen LogP contribution in [0.1, 0.15) is 19.4 Å². The summed E-state index contributed by atoms with van der Waals surface area (Å²) in [7, 11) is 1.82. The molecular weight excluding hydrogens is 264 g/mol. The minimum absolute atomic E-state index is 0.392. The lowest BCUT2D eigenvalue weighted by atomic mass is 10.2. The Morgan fingerprint density at radius 1 is 1.42 bits per heavy atom. The van der Waals surface area contributed by atoms with Crippen molar-refractivity contribution in [2.45, 2.75) is 26.4 Å². The van der Waals surface area contributed by atoms with Crippen LogP contribution in [0.25, 0.3) is 0 Å². The summed E-state index contributed by atoms with van der Waals surface area (Å²) in [5, 5.41) is 7.82. The average Bonchev–Trinajstić information content (AvgIpc) is 2.75. The zero-order valence-electron chi connectivity index (χ0n) is 11.2. The zero-order chi connectivity index (χ0) is 13.8. The van der Waals surface area contributed by atoms with Gasteiger partial charge in [0.1, 0.15) is 5.02 Å². The van der Waals surface area contributed by atoms with Gasteiger partial charge in [-0.25, -0.2) is 4.98 Å². The molecule has 2 rings (SSSR count). The van der Waals surface area contributed by atoms with Gasteiger partial charge in [0.15, 0.2) is 5.75 Å². The van der Waals surface area contributed by atoms with Crippen LogP contribution in [0.2, 0.25) is 5.02 Å². The van der Waals surface area contributed by atoms with E-state index >= 15 is 0 Å². The summed E-state index contributed by atoms with van der Waals surface area (Å²) in [5.74, 6) is 1.01. The number of hydrogen-bond donors (Lipinski definition) is 1. The monoisotopic (exact) mass is 280 g/mol.